The normalized spacial score (nSPS) is 23.6. The zero-order chi connectivity index (χ0) is 17.4. The van der Waals surface area contributed by atoms with Crippen LogP contribution in [0.3, 0.4) is 0 Å². The fraction of sp³-hybridized carbons (Fsp3) is 0.450. The lowest BCUT2D eigenvalue weighted by Crippen LogP contribution is -2.59. The average Bonchev–Trinajstić information content (AvgIpc) is 3.14. The van der Waals surface area contributed by atoms with Crippen LogP contribution in [-0.2, 0) is 0 Å². The molecule has 2 aliphatic rings. The van der Waals surface area contributed by atoms with Crippen molar-refractivity contribution in [3.63, 3.8) is 0 Å². The lowest BCUT2D eigenvalue weighted by molar-refractivity contribution is 0.216. The van der Waals surface area contributed by atoms with Crippen molar-refractivity contribution < 1.29 is 0 Å². The number of rotatable bonds is 2. The molecule has 3 aromatic rings. The zero-order valence-electron chi connectivity index (χ0n) is 14.9. The Morgan fingerprint density at radius 1 is 1.08 bits per heavy atom. The number of anilines is 1. The van der Waals surface area contributed by atoms with Crippen LogP contribution in [-0.4, -0.2) is 45.1 Å². The van der Waals surface area contributed by atoms with Crippen molar-refractivity contribution >= 4 is 16.7 Å². The van der Waals surface area contributed by atoms with E-state index < -0.39 is 0 Å². The van der Waals surface area contributed by atoms with Crippen LogP contribution in [0.2, 0.25) is 0 Å². The molecule has 2 N–H and O–H groups in total. The number of piperidine rings is 2. The van der Waals surface area contributed by atoms with Crippen molar-refractivity contribution in [2.75, 3.05) is 24.5 Å². The standard InChI is InChI=1S/C20H24N6/c1-2-7-25-20(5-1)6-3-9-26(13-20)17-4-8-23-19-18(17)16(12-24-19)15-10-21-14-22-11-15/h4,8,10-12,14,25H,1-3,5-7,9,13H2,(H,23,24)/t20-/m1/s1. The second kappa shape index (κ2) is 6.36. The van der Waals surface area contributed by atoms with E-state index in [-0.39, 0.29) is 5.54 Å². The van der Waals surface area contributed by atoms with Gasteiger partial charge < -0.3 is 15.2 Å². The zero-order valence-corrected chi connectivity index (χ0v) is 14.9. The van der Waals surface area contributed by atoms with E-state index in [0.717, 1.165) is 36.4 Å². The van der Waals surface area contributed by atoms with Crippen LogP contribution in [0.25, 0.3) is 22.2 Å². The quantitative estimate of drug-likeness (QED) is 0.745. The number of aromatic nitrogens is 4. The molecule has 1 atom stereocenters. The highest BCUT2D eigenvalue weighted by Crippen LogP contribution is 2.38. The Hall–Kier alpha value is -2.47. The van der Waals surface area contributed by atoms with Gasteiger partial charge in [0.1, 0.15) is 12.0 Å². The number of fused-ring (bicyclic) bond motifs is 1. The van der Waals surface area contributed by atoms with Gasteiger partial charge in [-0.05, 0) is 38.3 Å². The Kier molecular flexibility index (Phi) is 3.85. The van der Waals surface area contributed by atoms with E-state index in [9.17, 15) is 0 Å². The summed E-state index contributed by atoms with van der Waals surface area (Å²) in [5.74, 6) is 0. The minimum Gasteiger partial charge on any atom is -0.369 e. The summed E-state index contributed by atoms with van der Waals surface area (Å²) in [7, 11) is 0. The molecule has 2 aliphatic heterocycles. The number of H-pyrrole nitrogens is 1. The Morgan fingerprint density at radius 2 is 1.96 bits per heavy atom. The Labute approximate surface area is 153 Å². The summed E-state index contributed by atoms with van der Waals surface area (Å²) in [6.07, 6.45) is 15.7. The first-order valence-electron chi connectivity index (χ1n) is 9.56. The third kappa shape index (κ3) is 2.65. The van der Waals surface area contributed by atoms with Gasteiger partial charge in [0, 0.05) is 60.2 Å². The molecule has 5 heterocycles. The number of nitrogens with zero attached hydrogens (tertiary/aromatic N) is 4. The van der Waals surface area contributed by atoms with Gasteiger partial charge in [-0.25, -0.2) is 15.0 Å². The third-order valence-electron chi connectivity index (χ3n) is 5.92. The first kappa shape index (κ1) is 15.8. The van der Waals surface area contributed by atoms with Crippen molar-refractivity contribution in [3.05, 3.63) is 37.2 Å². The molecule has 6 heteroatoms. The van der Waals surface area contributed by atoms with E-state index in [1.165, 1.54) is 43.2 Å². The molecule has 0 radical (unpaired) electrons. The monoisotopic (exact) mass is 348 g/mol. The maximum atomic E-state index is 4.55. The van der Waals surface area contributed by atoms with Gasteiger partial charge in [0.2, 0.25) is 0 Å². The van der Waals surface area contributed by atoms with E-state index in [2.05, 4.69) is 36.2 Å². The first-order chi connectivity index (χ1) is 12.8. The lowest BCUT2D eigenvalue weighted by Gasteiger charge is -2.47. The molecule has 0 amide bonds. The van der Waals surface area contributed by atoms with Crippen LogP contribution >= 0.6 is 0 Å². The molecule has 26 heavy (non-hydrogen) atoms. The lowest BCUT2D eigenvalue weighted by atomic mass is 9.81. The van der Waals surface area contributed by atoms with E-state index >= 15 is 0 Å². The SMILES string of the molecule is c1ncc(-c2c[nH]c3nccc(N4CCC[C@]5(CCCCN5)C4)c23)cn1. The van der Waals surface area contributed by atoms with Crippen molar-refractivity contribution in [2.24, 2.45) is 0 Å². The molecule has 2 fully saturated rings. The van der Waals surface area contributed by atoms with Gasteiger partial charge in [-0.1, -0.05) is 6.42 Å². The molecular formula is C20H24N6. The number of aromatic amines is 1. The first-order valence-corrected chi connectivity index (χ1v) is 9.56. The predicted molar refractivity (Wildman–Crippen MR) is 103 cm³/mol. The minimum absolute atomic E-state index is 0.276. The van der Waals surface area contributed by atoms with Gasteiger partial charge in [-0.15, -0.1) is 0 Å². The average molecular weight is 348 g/mol. The van der Waals surface area contributed by atoms with Crippen LogP contribution in [0.5, 0.6) is 0 Å². The summed E-state index contributed by atoms with van der Waals surface area (Å²) in [6.45, 7) is 3.32. The largest absolute Gasteiger partial charge is 0.369 e. The Balaban J connectivity index is 1.57. The highest BCUT2D eigenvalue weighted by Gasteiger charge is 2.36. The van der Waals surface area contributed by atoms with Gasteiger partial charge in [0.15, 0.2) is 0 Å². The van der Waals surface area contributed by atoms with Gasteiger partial charge in [0.05, 0.1) is 5.39 Å². The van der Waals surface area contributed by atoms with Crippen LogP contribution in [0, 0.1) is 0 Å². The van der Waals surface area contributed by atoms with Crippen LogP contribution in [0.15, 0.2) is 37.2 Å². The molecule has 0 aliphatic carbocycles. The van der Waals surface area contributed by atoms with Gasteiger partial charge in [0.25, 0.3) is 0 Å². The third-order valence-corrected chi connectivity index (χ3v) is 5.92. The second-order valence-electron chi connectivity index (χ2n) is 7.57. The summed E-state index contributed by atoms with van der Waals surface area (Å²) in [5, 5.41) is 5.01. The smallest absolute Gasteiger partial charge is 0.139 e. The highest BCUT2D eigenvalue weighted by molar-refractivity contribution is 6.02. The summed E-state index contributed by atoms with van der Waals surface area (Å²) in [5.41, 5.74) is 4.62. The fourth-order valence-electron chi connectivity index (χ4n) is 4.68. The van der Waals surface area contributed by atoms with Crippen LogP contribution in [0.4, 0.5) is 5.69 Å². The maximum Gasteiger partial charge on any atom is 0.139 e. The molecule has 3 aromatic heterocycles. The molecule has 0 aromatic carbocycles. The summed E-state index contributed by atoms with van der Waals surface area (Å²) < 4.78 is 0. The van der Waals surface area contributed by atoms with Crippen LogP contribution in [0.1, 0.15) is 32.1 Å². The van der Waals surface area contributed by atoms with Gasteiger partial charge in [-0.2, -0.15) is 0 Å². The number of pyridine rings is 1. The van der Waals surface area contributed by atoms with Crippen molar-refractivity contribution in [1.29, 1.82) is 0 Å². The van der Waals surface area contributed by atoms with Gasteiger partial charge >= 0.3 is 0 Å². The molecule has 0 bridgehead atoms. The van der Waals surface area contributed by atoms with Crippen molar-refractivity contribution in [3.8, 4) is 11.1 Å². The fourth-order valence-corrected chi connectivity index (χ4v) is 4.68. The summed E-state index contributed by atoms with van der Waals surface area (Å²) in [6, 6.07) is 2.16. The summed E-state index contributed by atoms with van der Waals surface area (Å²) >= 11 is 0. The topological polar surface area (TPSA) is 69.7 Å². The molecule has 2 saturated heterocycles. The van der Waals surface area contributed by atoms with E-state index in [1.807, 2.05) is 24.8 Å². The van der Waals surface area contributed by atoms with E-state index in [0.29, 0.717) is 0 Å². The van der Waals surface area contributed by atoms with Gasteiger partial charge in [-0.3, -0.25) is 0 Å². The molecular weight excluding hydrogens is 324 g/mol. The van der Waals surface area contributed by atoms with Crippen molar-refractivity contribution in [1.82, 2.24) is 25.3 Å². The predicted octanol–water partition coefficient (Wildman–Crippen LogP) is 3.13. The number of hydrogen-bond acceptors (Lipinski definition) is 5. The molecule has 0 saturated carbocycles. The number of hydrogen-bond donors (Lipinski definition) is 2. The Bertz CT molecular complexity index is 892. The highest BCUT2D eigenvalue weighted by atomic mass is 15.2. The molecule has 1 spiro atoms. The van der Waals surface area contributed by atoms with E-state index in [1.54, 1.807) is 6.33 Å². The summed E-state index contributed by atoms with van der Waals surface area (Å²) in [4.78, 5) is 18.8. The Morgan fingerprint density at radius 3 is 2.81 bits per heavy atom. The molecule has 6 nitrogen and oxygen atoms in total. The maximum absolute atomic E-state index is 4.55. The van der Waals surface area contributed by atoms with Crippen molar-refractivity contribution in [2.45, 2.75) is 37.6 Å². The number of nitrogens with one attached hydrogen (secondary N) is 2. The minimum atomic E-state index is 0.276. The molecule has 5 rings (SSSR count). The molecule has 134 valence electrons. The molecule has 0 unspecified atom stereocenters. The second-order valence-corrected chi connectivity index (χ2v) is 7.57. The van der Waals surface area contributed by atoms with Crippen LogP contribution < -0.4 is 10.2 Å². The van der Waals surface area contributed by atoms with E-state index in [4.69, 9.17) is 0 Å².